The van der Waals surface area contributed by atoms with Crippen LogP contribution in [0.4, 0.5) is 0 Å². The first-order valence-electron chi connectivity index (χ1n) is 10.6. The molecule has 0 aliphatic carbocycles. The van der Waals surface area contributed by atoms with Crippen molar-refractivity contribution in [2.75, 3.05) is 81.3 Å². The van der Waals surface area contributed by atoms with E-state index in [9.17, 15) is 0 Å². The molecule has 0 fully saturated rings. The van der Waals surface area contributed by atoms with Gasteiger partial charge in [0.1, 0.15) is 24.7 Å². The van der Waals surface area contributed by atoms with Crippen molar-refractivity contribution in [2.24, 2.45) is 0 Å². The van der Waals surface area contributed by atoms with Gasteiger partial charge < -0.3 is 42.6 Å². The molecule has 0 heterocycles. The van der Waals surface area contributed by atoms with Crippen molar-refractivity contribution < 1.29 is 42.6 Å². The minimum atomic E-state index is 0.394. The van der Waals surface area contributed by atoms with Crippen molar-refractivity contribution in [1.82, 2.24) is 0 Å². The van der Waals surface area contributed by atoms with Gasteiger partial charge >= 0.3 is 0 Å². The van der Waals surface area contributed by atoms with Gasteiger partial charge in [0.2, 0.25) is 0 Å². The Balaban J connectivity index is 1.46. The Kier molecular flexibility index (Phi) is 12.7. The first-order chi connectivity index (χ1) is 16.2. The number of methoxy groups -OCH3 is 4. The molecule has 0 spiro atoms. The highest BCUT2D eigenvalue weighted by Gasteiger charge is 2.07. The van der Waals surface area contributed by atoms with E-state index in [2.05, 4.69) is 0 Å². The van der Waals surface area contributed by atoms with Gasteiger partial charge in [0.05, 0.1) is 68.1 Å². The van der Waals surface area contributed by atoms with Gasteiger partial charge in [0, 0.05) is 12.1 Å². The zero-order valence-electron chi connectivity index (χ0n) is 19.8. The van der Waals surface area contributed by atoms with Gasteiger partial charge in [-0.1, -0.05) is 0 Å². The Bertz CT molecular complexity index is 732. The molecule has 2 aromatic rings. The summed E-state index contributed by atoms with van der Waals surface area (Å²) >= 11 is 0. The molecule has 0 aliphatic rings. The SMILES string of the molecule is COc1ccc(OC)c(OCCOCCOCCOCCOc2cc(OC)ccc2OC)c1. The molecule has 9 heteroatoms. The zero-order chi connectivity index (χ0) is 23.7. The van der Waals surface area contributed by atoms with Crippen LogP contribution >= 0.6 is 0 Å². The van der Waals surface area contributed by atoms with E-state index in [0.717, 1.165) is 0 Å². The maximum atomic E-state index is 5.70. The van der Waals surface area contributed by atoms with Crippen LogP contribution < -0.4 is 28.4 Å². The van der Waals surface area contributed by atoms with E-state index in [1.165, 1.54) is 0 Å². The Morgan fingerprint density at radius 1 is 0.424 bits per heavy atom. The van der Waals surface area contributed by atoms with Crippen molar-refractivity contribution in [3.8, 4) is 34.5 Å². The lowest BCUT2D eigenvalue weighted by atomic mass is 10.3. The number of benzene rings is 2. The number of rotatable bonds is 18. The number of hydrogen-bond acceptors (Lipinski definition) is 9. The molecule has 0 amide bonds. The Hall–Kier alpha value is -2.88. The van der Waals surface area contributed by atoms with Gasteiger partial charge in [0.25, 0.3) is 0 Å². The van der Waals surface area contributed by atoms with Crippen LogP contribution in [0, 0.1) is 0 Å². The highest BCUT2D eigenvalue weighted by atomic mass is 16.6. The monoisotopic (exact) mass is 466 g/mol. The molecule has 0 bridgehead atoms. The van der Waals surface area contributed by atoms with Crippen LogP contribution in [-0.2, 0) is 14.2 Å². The van der Waals surface area contributed by atoms with Gasteiger partial charge in [0.15, 0.2) is 23.0 Å². The summed E-state index contributed by atoms with van der Waals surface area (Å²) in [6.07, 6.45) is 0. The summed E-state index contributed by atoms with van der Waals surface area (Å²) in [4.78, 5) is 0. The largest absolute Gasteiger partial charge is 0.497 e. The van der Waals surface area contributed by atoms with Crippen molar-refractivity contribution in [1.29, 1.82) is 0 Å². The molecule has 0 radical (unpaired) electrons. The molecular weight excluding hydrogens is 432 g/mol. The fraction of sp³-hybridized carbons (Fsp3) is 0.500. The van der Waals surface area contributed by atoms with Gasteiger partial charge in [-0.25, -0.2) is 0 Å². The predicted molar refractivity (Wildman–Crippen MR) is 123 cm³/mol. The van der Waals surface area contributed by atoms with E-state index in [4.69, 9.17) is 42.6 Å². The van der Waals surface area contributed by atoms with Crippen LogP contribution in [0.2, 0.25) is 0 Å². The third-order valence-electron chi connectivity index (χ3n) is 4.46. The molecule has 2 rings (SSSR count). The second-order valence-corrected chi connectivity index (χ2v) is 6.57. The molecule has 0 atom stereocenters. The van der Waals surface area contributed by atoms with E-state index in [0.29, 0.717) is 87.4 Å². The van der Waals surface area contributed by atoms with E-state index in [1.54, 1.807) is 52.7 Å². The molecule has 9 nitrogen and oxygen atoms in total. The van der Waals surface area contributed by atoms with Crippen LogP contribution in [0.25, 0.3) is 0 Å². The van der Waals surface area contributed by atoms with Crippen molar-refractivity contribution in [2.45, 2.75) is 0 Å². The third kappa shape index (κ3) is 9.65. The average Bonchev–Trinajstić information content (AvgIpc) is 2.86. The molecule has 0 unspecified atom stereocenters. The first kappa shape index (κ1) is 26.4. The Morgan fingerprint density at radius 2 is 0.788 bits per heavy atom. The molecule has 2 aromatic carbocycles. The Labute approximate surface area is 195 Å². The molecule has 184 valence electrons. The summed E-state index contributed by atoms with van der Waals surface area (Å²) < 4.78 is 48.8. The summed E-state index contributed by atoms with van der Waals surface area (Å²) in [6, 6.07) is 10.8. The molecule has 33 heavy (non-hydrogen) atoms. The lowest BCUT2D eigenvalue weighted by Crippen LogP contribution is -2.14. The van der Waals surface area contributed by atoms with Crippen molar-refractivity contribution in [3.05, 3.63) is 36.4 Å². The third-order valence-corrected chi connectivity index (χ3v) is 4.46. The molecule has 0 aliphatic heterocycles. The summed E-state index contributed by atoms with van der Waals surface area (Å²) in [7, 11) is 6.40. The lowest BCUT2D eigenvalue weighted by molar-refractivity contribution is 0.00477. The van der Waals surface area contributed by atoms with E-state index in [1.807, 2.05) is 12.1 Å². The summed E-state index contributed by atoms with van der Waals surface area (Å²) in [6.45, 7) is 3.55. The highest BCUT2D eigenvalue weighted by Crippen LogP contribution is 2.31. The van der Waals surface area contributed by atoms with E-state index < -0.39 is 0 Å². The van der Waals surface area contributed by atoms with Crippen LogP contribution in [0.15, 0.2) is 36.4 Å². The quantitative estimate of drug-likeness (QED) is 0.308. The van der Waals surface area contributed by atoms with Crippen molar-refractivity contribution in [3.63, 3.8) is 0 Å². The second-order valence-electron chi connectivity index (χ2n) is 6.57. The molecule has 0 N–H and O–H groups in total. The van der Waals surface area contributed by atoms with Crippen LogP contribution in [0.3, 0.4) is 0 Å². The Morgan fingerprint density at radius 3 is 1.12 bits per heavy atom. The van der Waals surface area contributed by atoms with Gasteiger partial charge in [-0.05, 0) is 24.3 Å². The maximum absolute atomic E-state index is 5.70. The topological polar surface area (TPSA) is 83.1 Å². The molecule has 0 saturated heterocycles. The lowest BCUT2D eigenvalue weighted by Gasteiger charge is -2.12. The smallest absolute Gasteiger partial charge is 0.164 e. The summed E-state index contributed by atoms with van der Waals surface area (Å²) in [5, 5.41) is 0. The molecular formula is C24H34O9. The number of hydrogen-bond donors (Lipinski definition) is 0. The predicted octanol–water partition coefficient (Wildman–Crippen LogP) is 3.23. The normalized spacial score (nSPS) is 10.5. The highest BCUT2D eigenvalue weighted by molar-refractivity contribution is 5.46. The second kappa shape index (κ2) is 15.8. The van der Waals surface area contributed by atoms with Crippen LogP contribution in [0.5, 0.6) is 34.5 Å². The van der Waals surface area contributed by atoms with Crippen LogP contribution in [0.1, 0.15) is 0 Å². The van der Waals surface area contributed by atoms with Gasteiger partial charge in [-0.2, -0.15) is 0 Å². The molecule has 0 aromatic heterocycles. The first-order valence-corrected chi connectivity index (χ1v) is 10.6. The van der Waals surface area contributed by atoms with Crippen LogP contribution in [-0.4, -0.2) is 81.3 Å². The van der Waals surface area contributed by atoms with Gasteiger partial charge in [-0.15, -0.1) is 0 Å². The van der Waals surface area contributed by atoms with Crippen molar-refractivity contribution >= 4 is 0 Å². The van der Waals surface area contributed by atoms with E-state index >= 15 is 0 Å². The standard InChI is InChI=1S/C24H34O9/c1-25-19-5-7-21(27-3)23(17-19)32-15-13-30-11-9-29-10-12-31-14-16-33-24-18-20(26-2)6-8-22(24)28-4/h5-8,17-18H,9-16H2,1-4H3. The average molecular weight is 467 g/mol. The number of ether oxygens (including phenoxy) is 9. The zero-order valence-corrected chi connectivity index (χ0v) is 19.8. The summed E-state index contributed by atoms with van der Waals surface area (Å²) in [5.74, 6) is 3.92. The molecule has 0 saturated carbocycles. The fourth-order valence-electron chi connectivity index (χ4n) is 2.76. The fourth-order valence-corrected chi connectivity index (χ4v) is 2.76. The maximum Gasteiger partial charge on any atom is 0.164 e. The minimum Gasteiger partial charge on any atom is -0.497 e. The summed E-state index contributed by atoms with van der Waals surface area (Å²) in [5.41, 5.74) is 0. The minimum absolute atomic E-state index is 0.394. The van der Waals surface area contributed by atoms with Gasteiger partial charge in [-0.3, -0.25) is 0 Å². The van der Waals surface area contributed by atoms with E-state index in [-0.39, 0.29) is 0 Å².